The van der Waals surface area contributed by atoms with Gasteiger partial charge in [-0.2, -0.15) is 0 Å². The number of esters is 1. The topological polar surface area (TPSA) is 95.9 Å². The molecule has 1 amide bonds. The number of carbonyl (C=O) groups is 2. The Morgan fingerprint density at radius 3 is 0.816 bits per heavy atom. The highest BCUT2D eigenvalue weighted by Gasteiger charge is 2.20. The molecule has 0 radical (unpaired) electrons. The number of hydrogen-bond donors (Lipinski definition) is 3. The van der Waals surface area contributed by atoms with E-state index in [4.69, 9.17) is 4.74 Å². The molecule has 6 nitrogen and oxygen atoms in total. The van der Waals surface area contributed by atoms with Gasteiger partial charge in [0.1, 0.15) is 0 Å². The number of rotatable bonds is 77. The molecule has 6 heteroatoms. The van der Waals surface area contributed by atoms with Crippen molar-refractivity contribution in [3.8, 4) is 0 Å². The second-order valence-electron chi connectivity index (χ2n) is 28.1. The van der Waals surface area contributed by atoms with Gasteiger partial charge in [-0.15, -0.1) is 0 Å². The van der Waals surface area contributed by atoms with Crippen LogP contribution in [0.25, 0.3) is 0 Å². The molecule has 0 aliphatic rings. The number of unbranched alkanes of at least 4 members (excludes halogenated alkanes) is 64. The smallest absolute Gasteiger partial charge is 0.305 e. The summed E-state index contributed by atoms with van der Waals surface area (Å²) in [7, 11) is 0. The molecule has 0 bridgehead atoms. The fraction of sp³-hybridized carbons (Fsp3) is 0.951. The van der Waals surface area contributed by atoms with Gasteiger partial charge in [0, 0.05) is 12.8 Å². The lowest BCUT2D eigenvalue weighted by molar-refractivity contribution is -0.143. The Labute approximate surface area is 546 Å². The van der Waals surface area contributed by atoms with Crippen LogP contribution in [0, 0.1) is 0 Å². The number of allylic oxidation sites excluding steroid dienone is 2. The van der Waals surface area contributed by atoms with Gasteiger partial charge in [0.25, 0.3) is 0 Å². The number of nitrogens with one attached hydrogen (secondary N) is 1. The van der Waals surface area contributed by atoms with Crippen molar-refractivity contribution in [1.29, 1.82) is 0 Å². The van der Waals surface area contributed by atoms with E-state index in [1.807, 2.05) is 0 Å². The summed E-state index contributed by atoms with van der Waals surface area (Å²) >= 11 is 0. The SMILES string of the molecule is CCCCCCCC/C=C\CCCCCCCCCC(=O)OCCCCCCCCCCCCCCCCCCCCCCCCCCCCCCCCCCC(=O)NC(CO)C(O)CCCCCCCCCCCCCCCCCCCCCCC. The van der Waals surface area contributed by atoms with E-state index in [1.165, 1.54) is 398 Å². The lowest BCUT2D eigenvalue weighted by Gasteiger charge is -2.22. The van der Waals surface area contributed by atoms with Crippen LogP contribution in [0.15, 0.2) is 12.2 Å². The first-order valence-electron chi connectivity index (χ1n) is 40.4. The number of carbonyl (C=O) groups excluding carboxylic acids is 2. The minimum Gasteiger partial charge on any atom is -0.466 e. The summed E-state index contributed by atoms with van der Waals surface area (Å²) in [5.74, 6) is -0.00543. The summed E-state index contributed by atoms with van der Waals surface area (Å²) in [6.45, 7) is 5.01. The molecule has 0 saturated heterocycles. The maximum absolute atomic E-state index is 12.6. The van der Waals surface area contributed by atoms with Crippen LogP contribution in [-0.4, -0.2) is 47.4 Å². The first-order valence-corrected chi connectivity index (χ1v) is 40.4. The monoisotopic (exact) mass is 1230 g/mol. The quantitative estimate of drug-likeness (QED) is 0.0320. The molecule has 2 atom stereocenters. The van der Waals surface area contributed by atoms with Gasteiger partial charge in [-0.25, -0.2) is 0 Å². The Morgan fingerprint density at radius 1 is 0.310 bits per heavy atom. The molecule has 518 valence electrons. The third-order valence-electron chi connectivity index (χ3n) is 19.3. The minimum atomic E-state index is -0.662. The van der Waals surface area contributed by atoms with E-state index in [0.29, 0.717) is 25.9 Å². The van der Waals surface area contributed by atoms with Gasteiger partial charge in [0.05, 0.1) is 25.4 Å². The van der Waals surface area contributed by atoms with Crippen molar-refractivity contribution in [3.05, 3.63) is 12.2 Å². The van der Waals surface area contributed by atoms with Crippen LogP contribution >= 0.6 is 0 Å². The number of amides is 1. The van der Waals surface area contributed by atoms with Crippen LogP contribution in [0.4, 0.5) is 0 Å². The highest BCUT2D eigenvalue weighted by Crippen LogP contribution is 2.21. The van der Waals surface area contributed by atoms with Crippen LogP contribution in [-0.2, 0) is 14.3 Å². The summed E-state index contributed by atoms with van der Waals surface area (Å²) in [6.07, 6.45) is 97.4. The Bertz CT molecular complexity index is 1320. The molecule has 2 unspecified atom stereocenters. The van der Waals surface area contributed by atoms with Crippen molar-refractivity contribution < 1.29 is 24.5 Å². The molecule has 0 aromatic heterocycles. The number of aliphatic hydroxyl groups is 2. The van der Waals surface area contributed by atoms with Crippen LogP contribution in [0.2, 0.25) is 0 Å². The Kier molecular flexibility index (Phi) is 75.8. The van der Waals surface area contributed by atoms with Crippen molar-refractivity contribution in [1.82, 2.24) is 5.32 Å². The number of hydrogen-bond acceptors (Lipinski definition) is 5. The Balaban J connectivity index is 3.32. The van der Waals surface area contributed by atoms with Crippen molar-refractivity contribution in [2.75, 3.05) is 13.2 Å². The van der Waals surface area contributed by atoms with Crippen molar-refractivity contribution in [2.24, 2.45) is 0 Å². The summed E-state index contributed by atoms with van der Waals surface area (Å²) in [5.41, 5.74) is 0. The number of ether oxygens (including phenoxy) is 1. The molecule has 0 heterocycles. The van der Waals surface area contributed by atoms with E-state index in [-0.39, 0.29) is 18.5 Å². The van der Waals surface area contributed by atoms with E-state index in [1.54, 1.807) is 0 Å². The average molecular weight is 1230 g/mol. The molecule has 0 rings (SSSR count). The van der Waals surface area contributed by atoms with Gasteiger partial charge in [0.15, 0.2) is 0 Å². The average Bonchev–Trinajstić information content (AvgIpc) is 3.52. The lowest BCUT2D eigenvalue weighted by atomic mass is 10.0. The maximum Gasteiger partial charge on any atom is 0.305 e. The first kappa shape index (κ1) is 85.6. The second-order valence-corrected chi connectivity index (χ2v) is 28.1. The summed E-state index contributed by atoms with van der Waals surface area (Å²) in [5, 5.41) is 23.5. The van der Waals surface area contributed by atoms with Gasteiger partial charge < -0.3 is 20.3 Å². The molecule has 0 aliphatic heterocycles. The first-order chi connectivity index (χ1) is 43.0. The number of aliphatic hydroxyl groups excluding tert-OH is 2. The van der Waals surface area contributed by atoms with E-state index in [0.717, 1.165) is 38.5 Å². The fourth-order valence-corrected chi connectivity index (χ4v) is 13.2. The molecule has 0 aliphatic carbocycles. The third kappa shape index (κ3) is 73.5. The van der Waals surface area contributed by atoms with Gasteiger partial charge in [-0.1, -0.05) is 418 Å². The molecule has 0 saturated carbocycles. The highest BCUT2D eigenvalue weighted by molar-refractivity contribution is 5.76. The summed E-state index contributed by atoms with van der Waals surface area (Å²) in [4.78, 5) is 24.7. The second kappa shape index (κ2) is 77.1. The minimum absolute atomic E-state index is 0.0192. The predicted octanol–water partition coefficient (Wildman–Crippen LogP) is 26.7. The highest BCUT2D eigenvalue weighted by atomic mass is 16.5. The lowest BCUT2D eigenvalue weighted by Crippen LogP contribution is -2.45. The molecule has 0 aromatic carbocycles. The van der Waals surface area contributed by atoms with Gasteiger partial charge in [-0.05, 0) is 51.4 Å². The standard InChI is InChI=1S/C81H159NO5/c1-3-5-7-9-11-13-15-17-19-21-22-35-38-42-45-49-53-57-61-65-69-73-79(84)78(77-83)82-80(85)74-70-66-62-58-54-50-46-43-39-36-33-31-29-27-25-23-24-26-28-30-32-34-37-40-44-48-52-56-60-64-68-72-76-87-81(86)75-71-67-63-59-55-51-47-41-20-18-16-14-12-10-8-6-4-2/h18,20,78-79,83-84H,3-17,19,21-77H2,1-2H3,(H,82,85)/b20-18-. The molecular formula is C81H159NO5. The van der Waals surface area contributed by atoms with E-state index in [9.17, 15) is 19.8 Å². The Hall–Kier alpha value is -1.40. The van der Waals surface area contributed by atoms with E-state index >= 15 is 0 Å². The van der Waals surface area contributed by atoms with E-state index in [2.05, 4.69) is 31.3 Å². The molecule has 0 aromatic rings. The fourth-order valence-electron chi connectivity index (χ4n) is 13.2. The normalized spacial score (nSPS) is 12.5. The van der Waals surface area contributed by atoms with Crippen molar-refractivity contribution >= 4 is 11.9 Å². The van der Waals surface area contributed by atoms with E-state index < -0.39 is 12.1 Å². The Morgan fingerprint density at radius 2 is 0.540 bits per heavy atom. The molecule has 0 fully saturated rings. The van der Waals surface area contributed by atoms with Gasteiger partial charge in [0.2, 0.25) is 5.91 Å². The van der Waals surface area contributed by atoms with Crippen LogP contribution < -0.4 is 5.32 Å². The van der Waals surface area contributed by atoms with Gasteiger partial charge >= 0.3 is 5.97 Å². The molecular weight excluding hydrogens is 1070 g/mol. The zero-order chi connectivity index (χ0) is 62.8. The molecule has 0 spiro atoms. The van der Waals surface area contributed by atoms with Crippen LogP contribution in [0.5, 0.6) is 0 Å². The summed E-state index contributed by atoms with van der Waals surface area (Å²) < 4.78 is 5.51. The molecule has 3 N–H and O–H groups in total. The zero-order valence-corrected chi connectivity index (χ0v) is 59.5. The predicted molar refractivity (Wildman–Crippen MR) is 384 cm³/mol. The third-order valence-corrected chi connectivity index (χ3v) is 19.3. The van der Waals surface area contributed by atoms with Crippen molar-refractivity contribution in [2.45, 2.75) is 482 Å². The van der Waals surface area contributed by atoms with Crippen LogP contribution in [0.3, 0.4) is 0 Å². The largest absolute Gasteiger partial charge is 0.466 e. The summed E-state index contributed by atoms with van der Waals surface area (Å²) in [6, 6.07) is -0.538. The van der Waals surface area contributed by atoms with Gasteiger partial charge in [-0.3, -0.25) is 9.59 Å². The van der Waals surface area contributed by atoms with Crippen LogP contribution in [0.1, 0.15) is 470 Å². The zero-order valence-electron chi connectivity index (χ0n) is 59.5. The maximum atomic E-state index is 12.6. The molecule has 87 heavy (non-hydrogen) atoms. The van der Waals surface area contributed by atoms with Crippen molar-refractivity contribution in [3.63, 3.8) is 0 Å².